The molecule has 0 aromatic carbocycles. The number of quaternary nitrogens is 3. The molecular formula is C13H35N4+3. The lowest BCUT2D eigenvalue weighted by Crippen LogP contribution is -2.55. The van der Waals surface area contributed by atoms with E-state index in [1.165, 1.54) is 26.2 Å². The Bertz CT molecular complexity index is 216. The monoisotopic (exact) mass is 247 g/mol. The zero-order chi connectivity index (χ0) is 13.7. The quantitative estimate of drug-likeness (QED) is 0.591. The Hall–Kier alpha value is -0.160. The summed E-state index contributed by atoms with van der Waals surface area (Å²) in [5, 5.41) is 0. The largest absolute Gasteiger partial charge is 0.326 e. The summed E-state index contributed by atoms with van der Waals surface area (Å²) in [7, 11) is 16.0. The lowest BCUT2D eigenvalue weighted by atomic mass is 10.3. The van der Waals surface area contributed by atoms with Crippen LogP contribution in [-0.4, -0.2) is 102 Å². The number of nitrogens with zero attached hydrogens (tertiary/aromatic N) is 3. The van der Waals surface area contributed by atoms with Gasteiger partial charge in [0, 0.05) is 6.54 Å². The van der Waals surface area contributed by atoms with Crippen molar-refractivity contribution in [2.45, 2.75) is 0 Å². The highest BCUT2D eigenvalue weighted by molar-refractivity contribution is 4.39. The van der Waals surface area contributed by atoms with E-state index in [0.29, 0.717) is 0 Å². The number of hydrogen-bond acceptors (Lipinski definition) is 1. The summed E-state index contributed by atoms with van der Waals surface area (Å²) in [5.41, 5.74) is 5.65. The van der Waals surface area contributed by atoms with Crippen LogP contribution in [0.4, 0.5) is 0 Å². The van der Waals surface area contributed by atoms with E-state index < -0.39 is 0 Å². The Morgan fingerprint density at radius 1 is 0.588 bits per heavy atom. The van der Waals surface area contributed by atoms with Gasteiger partial charge in [0.15, 0.2) is 0 Å². The Morgan fingerprint density at radius 2 is 0.941 bits per heavy atom. The van der Waals surface area contributed by atoms with E-state index in [-0.39, 0.29) is 0 Å². The third kappa shape index (κ3) is 9.53. The van der Waals surface area contributed by atoms with Crippen molar-refractivity contribution in [1.29, 1.82) is 0 Å². The maximum Gasteiger partial charge on any atom is 0.128 e. The summed E-state index contributed by atoms with van der Waals surface area (Å²) in [6, 6.07) is 0. The predicted octanol–water partition coefficient (Wildman–Crippen LogP) is -0.196. The topological polar surface area (TPSA) is 26.0 Å². The van der Waals surface area contributed by atoms with Gasteiger partial charge in [-0.05, 0) is 0 Å². The van der Waals surface area contributed by atoms with Gasteiger partial charge in [0.25, 0.3) is 0 Å². The van der Waals surface area contributed by atoms with E-state index in [2.05, 4.69) is 49.3 Å². The van der Waals surface area contributed by atoms with Crippen LogP contribution in [0.15, 0.2) is 0 Å². The molecule has 0 fully saturated rings. The normalized spacial score (nSPS) is 14.1. The molecule has 0 aromatic heterocycles. The highest BCUT2D eigenvalue weighted by atomic mass is 15.4. The van der Waals surface area contributed by atoms with Crippen molar-refractivity contribution >= 4 is 0 Å². The Balaban J connectivity index is 4.09. The fraction of sp³-hybridized carbons (Fsp3) is 1.00. The first-order valence-corrected chi connectivity index (χ1v) is 6.62. The molecule has 0 aromatic rings. The van der Waals surface area contributed by atoms with Crippen LogP contribution in [0.3, 0.4) is 0 Å². The van der Waals surface area contributed by atoms with Gasteiger partial charge in [-0.3, -0.25) is 0 Å². The molecule has 0 aliphatic heterocycles. The predicted molar refractivity (Wildman–Crippen MR) is 75.6 cm³/mol. The lowest BCUT2D eigenvalue weighted by molar-refractivity contribution is -0.963. The van der Waals surface area contributed by atoms with Crippen LogP contribution < -0.4 is 5.73 Å². The van der Waals surface area contributed by atoms with Crippen molar-refractivity contribution in [3.8, 4) is 0 Å². The summed E-state index contributed by atoms with van der Waals surface area (Å²) >= 11 is 0. The van der Waals surface area contributed by atoms with Gasteiger partial charge in [0.2, 0.25) is 0 Å². The molecule has 0 aliphatic rings. The first-order chi connectivity index (χ1) is 7.47. The van der Waals surface area contributed by atoms with Crippen LogP contribution >= 0.6 is 0 Å². The van der Waals surface area contributed by atoms with Crippen LogP contribution in [0.25, 0.3) is 0 Å². The minimum Gasteiger partial charge on any atom is -0.326 e. The van der Waals surface area contributed by atoms with E-state index in [1.54, 1.807) is 0 Å². The molecule has 0 rings (SSSR count). The molecule has 0 atom stereocenters. The molecule has 0 unspecified atom stereocenters. The van der Waals surface area contributed by atoms with Crippen molar-refractivity contribution in [1.82, 2.24) is 0 Å². The smallest absolute Gasteiger partial charge is 0.128 e. The van der Waals surface area contributed by atoms with Gasteiger partial charge >= 0.3 is 0 Å². The van der Waals surface area contributed by atoms with E-state index in [0.717, 1.165) is 26.5 Å². The molecule has 0 radical (unpaired) electrons. The molecule has 0 spiro atoms. The second kappa shape index (κ2) is 6.14. The van der Waals surface area contributed by atoms with Crippen molar-refractivity contribution in [2.75, 3.05) is 88.6 Å². The van der Waals surface area contributed by atoms with Crippen LogP contribution in [0, 0.1) is 0 Å². The molecule has 17 heavy (non-hydrogen) atoms. The number of nitrogens with two attached hydrogens (primary N) is 1. The molecule has 0 aliphatic carbocycles. The van der Waals surface area contributed by atoms with Crippen LogP contribution in [0.1, 0.15) is 0 Å². The van der Waals surface area contributed by atoms with Gasteiger partial charge in [-0.25, -0.2) is 0 Å². The van der Waals surface area contributed by atoms with Crippen LogP contribution in [-0.2, 0) is 0 Å². The molecule has 0 saturated heterocycles. The molecule has 0 heterocycles. The lowest BCUT2D eigenvalue weighted by Gasteiger charge is -2.37. The van der Waals surface area contributed by atoms with Gasteiger partial charge in [-0.1, -0.05) is 0 Å². The Kier molecular flexibility index (Phi) is 6.08. The van der Waals surface area contributed by atoms with Crippen LogP contribution in [0.2, 0.25) is 0 Å². The average molecular weight is 247 g/mol. The van der Waals surface area contributed by atoms with Crippen molar-refractivity contribution < 1.29 is 13.4 Å². The highest BCUT2D eigenvalue weighted by Crippen LogP contribution is 2.03. The van der Waals surface area contributed by atoms with Crippen molar-refractivity contribution in [3.05, 3.63) is 0 Å². The number of likely N-dealkylation sites (N-methyl/N-ethyl adjacent to an activating group) is 3. The third-order valence-electron chi connectivity index (χ3n) is 3.42. The van der Waals surface area contributed by atoms with E-state index in [9.17, 15) is 0 Å². The summed E-state index contributed by atoms with van der Waals surface area (Å²) in [6.07, 6.45) is 0. The molecule has 4 heteroatoms. The minimum absolute atomic E-state index is 0.777. The third-order valence-corrected chi connectivity index (χ3v) is 3.42. The van der Waals surface area contributed by atoms with E-state index in [1.807, 2.05) is 0 Å². The summed E-state index contributed by atoms with van der Waals surface area (Å²) in [5.74, 6) is 0. The number of rotatable bonds is 8. The first-order valence-electron chi connectivity index (χ1n) is 6.62. The molecule has 4 nitrogen and oxygen atoms in total. The SMILES string of the molecule is C[N+](C)(C)CC[N+](C)(C)CC[N+](C)(C)CCN. The molecule has 0 saturated carbocycles. The average Bonchev–Trinajstić information content (AvgIpc) is 2.12. The highest BCUT2D eigenvalue weighted by Gasteiger charge is 2.24. The maximum atomic E-state index is 5.65. The van der Waals surface area contributed by atoms with Gasteiger partial charge in [0.05, 0.1) is 55.9 Å². The maximum absolute atomic E-state index is 5.65. The molecule has 2 N–H and O–H groups in total. The van der Waals surface area contributed by atoms with Gasteiger partial charge < -0.3 is 19.2 Å². The Labute approximate surface area is 108 Å². The fourth-order valence-electron chi connectivity index (χ4n) is 1.69. The second-order valence-electron chi connectivity index (χ2n) is 7.57. The second-order valence-corrected chi connectivity index (χ2v) is 7.57. The summed E-state index contributed by atoms with van der Waals surface area (Å²) in [4.78, 5) is 0. The zero-order valence-electron chi connectivity index (χ0n) is 13.2. The minimum atomic E-state index is 0.777. The zero-order valence-corrected chi connectivity index (χ0v) is 13.2. The van der Waals surface area contributed by atoms with E-state index in [4.69, 9.17) is 5.73 Å². The molecular weight excluding hydrogens is 212 g/mol. The standard InChI is InChI=1S/C13H35N4/c1-15(2,3)10-11-17(6,7)13-12-16(4,5)9-8-14/h8-14H2,1-7H3/q+3. The van der Waals surface area contributed by atoms with Crippen molar-refractivity contribution in [2.24, 2.45) is 5.73 Å². The first kappa shape index (κ1) is 16.8. The summed E-state index contributed by atoms with van der Waals surface area (Å²) in [6.45, 7) is 6.70. The van der Waals surface area contributed by atoms with Crippen molar-refractivity contribution in [3.63, 3.8) is 0 Å². The molecule has 0 bridgehead atoms. The fourth-order valence-corrected chi connectivity index (χ4v) is 1.69. The molecule has 104 valence electrons. The van der Waals surface area contributed by atoms with Gasteiger partial charge in [-0.15, -0.1) is 0 Å². The van der Waals surface area contributed by atoms with Gasteiger partial charge in [-0.2, -0.15) is 0 Å². The Morgan fingerprint density at radius 3 is 1.29 bits per heavy atom. The van der Waals surface area contributed by atoms with E-state index >= 15 is 0 Å². The van der Waals surface area contributed by atoms with Crippen LogP contribution in [0.5, 0.6) is 0 Å². The molecule has 0 amide bonds. The van der Waals surface area contributed by atoms with Gasteiger partial charge in [0.1, 0.15) is 26.2 Å². The summed E-state index contributed by atoms with van der Waals surface area (Å²) < 4.78 is 3.17. The number of hydrogen-bond donors (Lipinski definition) is 1.